The van der Waals surface area contributed by atoms with Crippen molar-refractivity contribution in [2.45, 2.75) is 32.4 Å². The molecule has 0 fully saturated rings. The van der Waals surface area contributed by atoms with Crippen LogP contribution in [0.2, 0.25) is 4.34 Å². The van der Waals surface area contributed by atoms with Crippen molar-refractivity contribution < 1.29 is 4.79 Å². The summed E-state index contributed by atoms with van der Waals surface area (Å²) in [7, 11) is 0. The van der Waals surface area contributed by atoms with Gasteiger partial charge in [0.15, 0.2) is 0 Å². The number of nitrogens with one attached hydrogen (secondary N) is 1. The van der Waals surface area contributed by atoms with Crippen LogP contribution < -0.4 is 11.1 Å². The second kappa shape index (κ2) is 6.00. The van der Waals surface area contributed by atoms with Crippen LogP contribution in [0.3, 0.4) is 0 Å². The molecule has 3 N–H and O–H groups in total. The molecule has 2 atom stereocenters. The lowest BCUT2D eigenvalue weighted by Crippen LogP contribution is -2.38. The van der Waals surface area contributed by atoms with E-state index in [1.807, 2.05) is 19.9 Å². The molecule has 6 heteroatoms. The predicted octanol–water partition coefficient (Wildman–Crippen LogP) is 3.08. The molecule has 0 radical (unpaired) electrons. The lowest BCUT2D eigenvalue weighted by atomic mass is 10.1. The van der Waals surface area contributed by atoms with Crippen LogP contribution in [0.15, 0.2) is 10.5 Å². The van der Waals surface area contributed by atoms with E-state index >= 15 is 0 Å². The van der Waals surface area contributed by atoms with Gasteiger partial charge in [-0.25, -0.2) is 0 Å². The van der Waals surface area contributed by atoms with Gasteiger partial charge in [0.25, 0.3) is 0 Å². The molecule has 1 aromatic rings. The maximum atomic E-state index is 11.4. The molecule has 0 saturated heterocycles. The molecule has 0 aliphatic rings. The van der Waals surface area contributed by atoms with Crippen LogP contribution in [0.5, 0.6) is 0 Å². The van der Waals surface area contributed by atoms with Gasteiger partial charge in [-0.05, 0) is 35.3 Å². The number of amides is 1. The summed E-state index contributed by atoms with van der Waals surface area (Å²) in [5, 5.41) is 3.18. The zero-order chi connectivity index (χ0) is 12.3. The van der Waals surface area contributed by atoms with Crippen molar-refractivity contribution in [3.63, 3.8) is 0 Å². The Morgan fingerprint density at radius 3 is 2.75 bits per heavy atom. The lowest BCUT2D eigenvalue weighted by molar-refractivity contribution is -0.120. The molecule has 1 amide bonds. The normalized spacial score (nSPS) is 14.8. The third-order valence-electron chi connectivity index (χ3n) is 2.30. The van der Waals surface area contributed by atoms with Gasteiger partial charge in [-0.1, -0.05) is 18.5 Å². The molecule has 0 aromatic carbocycles. The van der Waals surface area contributed by atoms with Crippen LogP contribution in [0.1, 0.15) is 31.2 Å². The van der Waals surface area contributed by atoms with Crippen molar-refractivity contribution in [1.29, 1.82) is 0 Å². The number of rotatable bonds is 5. The van der Waals surface area contributed by atoms with Gasteiger partial charge in [0.05, 0.1) is 0 Å². The first kappa shape index (κ1) is 14.0. The first-order valence-electron chi connectivity index (χ1n) is 4.95. The number of hydrogen-bond donors (Lipinski definition) is 2. The summed E-state index contributed by atoms with van der Waals surface area (Å²) < 4.78 is 1.43. The van der Waals surface area contributed by atoms with E-state index in [0.29, 0.717) is 4.34 Å². The molecule has 0 aliphatic carbocycles. The summed E-state index contributed by atoms with van der Waals surface area (Å²) in [5.41, 5.74) is 5.38. The summed E-state index contributed by atoms with van der Waals surface area (Å²) in [6, 6.07) is 1.60. The lowest BCUT2D eigenvalue weighted by Gasteiger charge is -2.18. The van der Waals surface area contributed by atoms with Gasteiger partial charge >= 0.3 is 0 Å². The maximum absolute atomic E-state index is 11.4. The van der Waals surface area contributed by atoms with Crippen molar-refractivity contribution in [3.05, 3.63) is 19.8 Å². The first-order valence-corrected chi connectivity index (χ1v) is 6.94. The highest BCUT2D eigenvalue weighted by Gasteiger charge is 2.22. The number of carbonyl (C=O) groups excluding carboxylic acids is 1. The van der Waals surface area contributed by atoms with Crippen molar-refractivity contribution in [1.82, 2.24) is 5.32 Å². The van der Waals surface area contributed by atoms with E-state index in [4.69, 9.17) is 17.3 Å². The van der Waals surface area contributed by atoms with E-state index in [0.717, 1.165) is 15.8 Å². The minimum Gasteiger partial charge on any atom is -0.368 e. The van der Waals surface area contributed by atoms with Crippen LogP contribution in [0, 0.1) is 0 Å². The highest BCUT2D eigenvalue weighted by Crippen LogP contribution is 2.35. The van der Waals surface area contributed by atoms with Gasteiger partial charge in [-0.2, -0.15) is 0 Å². The highest BCUT2D eigenvalue weighted by atomic mass is 79.9. The van der Waals surface area contributed by atoms with E-state index in [9.17, 15) is 4.79 Å². The second-order valence-corrected chi connectivity index (χ2v) is 6.12. The Labute approximate surface area is 112 Å². The summed E-state index contributed by atoms with van der Waals surface area (Å²) in [6.07, 6.45) is 0.935. The molecule has 1 heterocycles. The summed E-state index contributed by atoms with van der Waals surface area (Å²) in [5.74, 6) is -0.384. The highest BCUT2D eigenvalue weighted by molar-refractivity contribution is 9.10. The van der Waals surface area contributed by atoms with Crippen molar-refractivity contribution >= 4 is 44.8 Å². The molecule has 1 rings (SSSR count). The van der Waals surface area contributed by atoms with E-state index < -0.39 is 6.04 Å². The summed E-state index contributed by atoms with van der Waals surface area (Å²) in [4.78, 5) is 12.2. The van der Waals surface area contributed by atoms with Crippen molar-refractivity contribution in [2.75, 3.05) is 0 Å². The SMILES string of the molecule is CCC(C)NC(C(N)=O)c1cc(Br)c(Cl)s1. The Balaban J connectivity index is 2.89. The minimum atomic E-state index is -0.469. The monoisotopic (exact) mass is 324 g/mol. The molecular formula is C10H14BrClN2OS. The molecule has 16 heavy (non-hydrogen) atoms. The second-order valence-electron chi connectivity index (χ2n) is 3.58. The standard InChI is InChI=1S/C10H14BrClN2OS/c1-3-5(2)14-8(10(13)15)7-4-6(11)9(12)16-7/h4-5,8,14H,3H2,1-2H3,(H2,13,15). The molecule has 1 aromatic heterocycles. The van der Waals surface area contributed by atoms with Crippen LogP contribution in [0.25, 0.3) is 0 Å². The third-order valence-corrected chi connectivity index (χ3v) is 4.84. The predicted molar refractivity (Wildman–Crippen MR) is 71.9 cm³/mol. The minimum absolute atomic E-state index is 0.233. The van der Waals surface area contributed by atoms with Gasteiger partial charge in [-0.15, -0.1) is 11.3 Å². The smallest absolute Gasteiger partial charge is 0.240 e. The third kappa shape index (κ3) is 3.45. The van der Waals surface area contributed by atoms with E-state index in [2.05, 4.69) is 21.2 Å². The van der Waals surface area contributed by atoms with Gasteiger partial charge in [0.2, 0.25) is 5.91 Å². The summed E-state index contributed by atoms with van der Waals surface area (Å²) >= 11 is 10.6. The van der Waals surface area contributed by atoms with E-state index in [1.54, 1.807) is 0 Å². The van der Waals surface area contributed by atoms with E-state index in [-0.39, 0.29) is 11.9 Å². The van der Waals surface area contributed by atoms with Gasteiger partial charge in [0, 0.05) is 15.4 Å². The zero-order valence-corrected chi connectivity index (χ0v) is 12.2. The number of hydrogen-bond acceptors (Lipinski definition) is 3. The Morgan fingerprint density at radius 2 is 2.38 bits per heavy atom. The number of thiophene rings is 1. The first-order chi connectivity index (χ1) is 7.45. The number of nitrogens with two attached hydrogens (primary N) is 1. The molecule has 0 bridgehead atoms. The fraction of sp³-hybridized carbons (Fsp3) is 0.500. The molecule has 2 unspecified atom stereocenters. The fourth-order valence-electron chi connectivity index (χ4n) is 1.21. The fourth-order valence-corrected chi connectivity index (χ4v) is 3.02. The van der Waals surface area contributed by atoms with Gasteiger partial charge in [0.1, 0.15) is 10.4 Å². The molecule has 90 valence electrons. The van der Waals surface area contributed by atoms with Gasteiger partial charge in [-0.3, -0.25) is 10.1 Å². The van der Waals surface area contributed by atoms with Gasteiger partial charge < -0.3 is 5.73 Å². The topological polar surface area (TPSA) is 55.1 Å². The average molecular weight is 326 g/mol. The molecule has 0 aliphatic heterocycles. The molecule has 0 saturated carbocycles. The summed E-state index contributed by atoms with van der Waals surface area (Å²) in [6.45, 7) is 4.06. The largest absolute Gasteiger partial charge is 0.368 e. The maximum Gasteiger partial charge on any atom is 0.240 e. The van der Waals surface area contributed by atoms with Crippen molar-refractivity contribution in [3.8, 4) is 0 Å². The molecule has 3 nitrogen and oxygen atoms in total. The van der Waals surface area contributed by atoms with Crippen LogP contribution in [0.4, 0.5) is 0 Å². The molecular weight excluding hydrogens is 312 g/mol. The Kier molecular flexibility index (Phi) is 5.24. The zero-order valence-electron chi connectivity index (χ0n) is 9.09. The van der Waals surface area contributed by atoms with Crippen molar-refractivity contribution in [2.24, 2.45) is 5.73 Å². The molecule has 0 spiro atoms. The Bertz CT molecular complexity index is 363. The quantitative estimate of drug-likeness (QED) is 0.874. The number of primary amides is 1. The van der Waals surface area contributed by atoms with Crippen LogP contribution >= 0.6 is 38.9 Å². The number of halogens is 2. The number of carbonyl (C=O) groups is 1. The van der Waals surface area contributed by atoms with Crippen LogP contribution in [-0.4, -0.2) is 11.9 Å². The Hall–Kier alpha value is -0.100. The Morgan fingerprint density at radius 1 is 1.75 bits per heavy atom. The van der Waals surface area contributed by atoms with E-state index in [1.165, 1.54) is 11.3 Å². The average Bonchev–Trinajstić information content (AvgIpc) is 2.54. The van der Waals surface area contributed by atoms with Crippen LogP contribution in [-0.2, 0) is 4.79 Å².